The first kappa shape index (κ1) is 12.4. The summed E-state index contributed by atoms with van der Waals surface area (Å²) in [5, 5.41) is 9.57. The number of carbonyl (C=O) groups is 1. The Hall–Kier alpha value is -0.650. The fraction of sp³-hybridized carbons (Fsp3) is 0.556. The zero-order valence-electron chi connectivity index (χ0n) is 8.61. The topological polar surface area (TPSA) is 53.4 Å². The number of halogens is 1. The summed E-state index contributed by atoms with van der Waals surface area (Å²) < 4.78 is 0.629. The number of carboxylic acids is 1. The van der Waals surface area contributed by atoms with Crippen LogP contribution in [-0.4, -0.2) is 33.5 Å². The van der Waals surface area contributed by atoms with E-state index in [4.69, 9.17) is 16.7 Å². The number of hydrogen-bond donors (Lipinski definition) is 1. The van der Waals surface area contributed by atoms with Gasteiger partial charge in [0, 0.05) is 6.04 Å². The van der Waals surface area contributed by atoms with Crippen LogP contribution in [0.15, 0.2) is 6.20 Å². The summed E-state index contributed by atoms with van der Waals surface area (Å²) in [6.45, 7) is 4.46. The molecular weight excluding hydrogens is 236 g/mol. The lowest BCUT2D eigenvalue weighted by Crippen LogP contribution is -2.35. The Balaban J connectivity index is 2.62. The minimum absolute atomic E-state index is 0.0227. The molecule has 0 saturated carbocycles. The van der Waals surface area contributed by atoms with Gasteiger partial charge in [-0.2, -0.15) is 0 Å². The third-order valence-electron chi connectivity index (χ3n) is 1.93. The zero-order chi connectivity index (χ0) is 11.4. The predicted molar refractivity (Wildman–Crippen MR) is 60.3 cm³/mol. The summed E-state index contributed by atoms with van der Waals surface area (Å²) in [7, 11) is 0. The summed E-state index contributed by atoms with van der Waals surface area (Å²) in [6.07, 6.45) is 1.58. The molecule has 15 heavy (non-hydrogen) atoms. The largest absolute Gasteiger partial charge is 0.480 e. The maximum atomic E-state index is 10.6. The van der Waals surface area contributed by atoms with E-state index in [1.54, 1.807) is 6.20 Å². The lowest BCUT2D eigenvalue weighted by atomic mass is 10.3. The second kappa shape index (κ2) is 5.44. The molecule has 1 aromatic heterocycles. The number of thiazole rings is 1. The Morgan fingerprint density at radius 3 is 2.80 bits per heavy atom. The predicted octanol–water partition coefficient (Wildman–Crippen LogP) is 2.09. The van der Waals surface area contributed by atoms with Gasteiger partial charge in [0.15, 0.2) is 0 Å². The summed E-state index contributed by atoms with van der Waals surface area (Å²) >= 11 is 7.13. The zero-order valence-corrected chi connectivity index (χ0v) is 10.2. The molecule has 1 aromatic rings. The second-order valence-electron chi connectivity index (χ2n) is 3.45. The summed E-state index contributed by atoms with van der Waals surface area (Å²) in [4.78, 5) is 16.6. The number of rotatable bonds is 5. The van der Waals surface area contributed by atoms with Crippen molar-refractivity contribution in [2.24, 2.45) is 0 Å². The van der Waals surface area contributed by atoms with Crippen LogP contribution >= 0.6 is 22.9 Å². The van der Waals surface area contributed by atoms with Gasteiger partial charge in [-0.25, -0.2) is 4.98 Å². The second-order valence-corrected chi connectivity index (χ2v) is 5.20. The van der Waals surface area contributed by atoms with Crippen molar-refractivity contribution in [3.05, 3.63) is 15.5 Å². The van der Waals surface area contributed by atoms with E-state index in [-0.39, 0.29) is 12.6 Å². The average Bonchev–Trinajstić information content (AvgIpc) is 2.49. The van der Waals surface area contributed by atoms with Crippen LogP contribution in [0.5, 0.6) is 0 Å². The number of aliphatic carboxylic acids is 1. The standard InChI is InChI=1S/C9H13ClN2O2S/c1-6(2)12(5-9(13)14)4-8-11-3-7(10)15-8/h3,6H,4-5H2,1-2H3,(H,13,14). The van der Waals surface area contributed by atoms with Gasteiger partial charge in [0.2, 0.25) is 0 Å². The van der Waals surface area contributed by atoms with Crippen molar-refractivity contribution >= 4 is 28.9 Å². The first-order valence-corrected chi connectivity index (χ1v) is 5.74. The molecule has 0 aromatic carbocycles. The Morgan fingerprint density at radius 1 is 1.73 bits per heavy atom. The van der Waals surface area contributed by atoms with Crippen molar-refractivity contribution in [3.8, 4) is 0 Å². The van der Waals surface area contributed by atoms with E-state index in [0.717, 1.165) is 5.01 Å². The molecule has 0 bridgehead atoms. The van der Waals surface area contributed by atoms with Gasteiger partial charge in [0.1, 0.15) is 9.34 Å². The van der Waals surface area contributed by atoms with Crippen molar-refractivity contribution in [2.45, 2.75) is 26.4 Å². The SMILES string of the molecule is CC(C)N(CC(=O)O)Cc1ncc(Cl)s1. The molecule has 1 N–H and O–H groups in total. The molecular formula is C9H13ClN2O2S. The Labute approximate surface area is 97.5 Å². The van der Waals surface area contributed by atoms with Crippen LogP contribution in [0.1, 0.15) is 18.9 Å². The van der Waals surface area contributed by atoms with Crippen LogP contribution in [0.3, 0.4) is 0 Å². The first-order valence-electron chi connectivity index (χ1n) is 4.55. The normalized spacial score (nSPS) is 11.3. The molecule has 0 unspecified atom stereocenters. The van der Waals surface area contributed by atoms with Gasteiger partial charge in [-0.05, 0) is 13.8 Å². The van der Waals surface area contributed by atoms with Gasteiger partial charge in [-0.15, -0.1) is 11.3 Å². The minimum atomic E-state index is -0.827. The minimum Gasteiger partial charge on any atom is -0.480 e. The van der Waals surface area contributed by atoms with E-state index < -0.39 is 5.97 Å². The van der Waals surface area contributed by atoms with E-state index in [0.29, 0.717) is 10.9 Å². The highest BCUT2D eigenvalue weighted by Crippen LogP contribution is 2.20. The van der Waals surface area contributed by atoms with Crippen LogP contribution < -0.4 is 0 Å². The van der Waals surface area contributed by atoms with Crippen molar-refractivity contribution in [1.29, 1.82) is 0 Å². The first-order chi connectivity index (χ1) is 6.99. The number of carboxylic acid groups (broad SMARTS) is 1. The smallest absolute Gasteiger partial charge is 0.317 e. The van der Waals surface area contributed by atoms with Crippen LogP contribution in [0.25, 0.3) is 0 Å². The molecule has 0 saturated heterocycles. The Morgan fingerprint density at radius 2 is 2.40 bits per heavy atom. The van der Waals surface area contributed by atoms with Crippen molar-refractivity contribution in [3.63, 3.8) is 0 Å². The Bertz CT molecular complexity index is 341. The summed E-state index contributed by atoms with van der Waals surface area (Å²) in [5.41, 5.74) is 0. The van der Waals surface area contributed by atoms with Crippen LogP contribution in [-0.2, 0) is 11.3 Å². The third kappa shape index (κ3) is 4.15. The Kier molecular flexibility index (Phi) is 4.50. The maximum absolute atomic E-state index is 10.6. The van der Waals surface area contributed by atoms with E-state index in [1.165, 1.54) is 11.3 Å². The van der Waals surface area contributed by atoms with Crippen LogP contribution in [0.2, 0.25) is 4.34 Å². The highest BCUT2D eigenvalue weighted by Gasteiger charge is 2.15. The lowest BCUT2D eigenvalue weighted by molar-refractivity contribution is -0.138. The molecule has 0 spiro atoms. The molecule has 6 heteroatoms. The highest BCUT2D eigenvalue weighted by atomic mass is 35.5. The third-order valence-corrected chi connectivity index (χ3v) is 3.03. The molecule has 0 aliphatic rings. The number of hydrogen-bond acceptors (Lipinski definition) is 4. The summed E-state index contributed by atoms with van der Waals surface area (Å²) in [5.74, 6) is -0.827. The van der Waals surface area contributed by atoms with Gasteiger partial charge in [0.05, 0.1) is 19.3 Å². The summed E-state index contributed by atoms with van der Waals surface area (Å²) in [6, 6.07) is 0.170. The fourth-order valence-electron chi connectivity index (χ4n) is 1.13. The van der Waals surface area contributed by atoms with E-state index in [9.17, 15) is 4.79 Å². The molecule has 1 heterocycles. The average molecular weight is 249 g/mol. The van der Waals surface area contributed by atoms with Crippen molar-refractivity contribution in [1.82, 2.24) is 9.88 Å². The van der Waals surface area contributed by atoms with Crippen molar-refractivity contribution in [2.75, 3.05) is 6.54 Å². The molecule has 0 amide bonds. The van der Waals surface area contributed by atoms with Gasteiger partial charge < -0.3 is 5.11 Å². The molecule has 0 atom stereocenters. The number of nitrogens with zero attached hydrogens (tertiary/aromatic N) is 2. The van der Waals surface area contributed by atoms with E-state index in [1.807, 2.05) is 18.7 Å². The fourth-order valence-corrected chi connectivity index (χ4v) is 2.11. The molecule has 0 aliphatic carbocycles. The molecule has 0 radical (unpaired) electrons. The van der Waals surface area contributed by atoms with Gasteiger partial charge in [0.25, 0.3) is 0 Å². The maximum Gasteiger partial charge on any atom is 0.317 e. The van der Waals surface area contributed by atoms with Gasteiger partial charge >= 0.3 is 5.97 Å². The van der Waals surface area contributed by atoms with Crippen LogP contribution in [0.4, 0.5) is 0 Å². The quantitative estimate of drug-likeness (QED) is 0.867. The van der Waals surface area contributed by atoms with Crippen molar-refractivity contribution < 1.29 is 9.90 Å². The monoisotopic (exact) mass is 248 g/mol. The molecule has 0 fully saturated rings. The molecule has 84 valence electrons. The van der Waals surface area contributed by atoms with E-state index >= 15 is 0 Å². The van der Waals surface area contributed by atoms with Crippen LogP contribution in [0, 0.1) is 0 Å². The van der Waals surface area contributed by atoms with Gasteiger partial charge in [-0.3, -0.25) is 9.69 Å². The van der Waals surface area contributed by atoms with E-state index in [2.05, 4.69) is 4.98 Å². The lowest BCUT2D eigenvalue weighted by Gasteiger charge is -2.22. The molecule has 1 rings (SSSR count). The highest BCUT2D eigenvalue weighted by molar-refractivity contribution is 7.15. The molecule has 0 aliphatic heterocycles. The number of aromatic nitrogens is 1. The molecule has 4 nitrogen and oxygen atoms in total. The van der Waals surface area contributed by atoms with Gasteiger partial charge in [-0.1, -0.05) is 11.6 Å².